The van der Waals surface area contributed by atoms with Gasteiger partial charge in [-0.2, -0.15) is 5.26 Å². The predicted octanol–water partition coefficient (Wildman–Crippen LogP) is 4.91. The highest BCUT2D eigenvalue weighted by atomic mass is 32.1. The number of nitriles is 1. The van der Waals surface area contributed by atoms with Crippen LogP contribution >= 0.6 is 11.3 Å². The molecule has 3 rings (SSSR count). The maximum atomic E-state index is 10.4. The molecule has 0 bridgehead atoms. The van der Waals surface area contributed by atoms with Crippen molar-refractivity contribution in [2.75, 3.05) is 18.0 Å². The summed E-state index contributed by atoms with van der Waals surface area (Å²) in [7, 11) is 0. The van der Waals surface area contributed by atoms with Crippen molar-refractivity contribution in [1.29, 1.82) is 5.26 Å². The van der Waals surface area contributed by atoms with E-state index in [1.54, 1.807) is 12.1 Å². The molecule has 0 atom stereocenters. The van der Waals surface area contributed by atoms with Crippen molar-refractivity contribution in [3.8, 4) is 11.8 Å². The summed E-state index contributed by atoms with van der Waals surface area (Å²) in [6.45, 7) is 5.91. The standard InChI is InChI=1S/C20H19N3OS/c1-3-23(4-2)16-10-9-14(18(24)12-16)11-15(13-21)20-22-17-7-5-6-8-19(17)25-20/h5-12,24H,3-4H2,1-2H3. The van der Waals surface area contributed by atoms with Crippen LogP contribution in [-0.2, 0) is 0 Å². The van der Waals surface area contributed by atoms with Gasteiger partial charge in [-0.3, -0.25) is 0 Å². The highest BCUT2D eigenvalue weighted by molar-refractivity contribution is 7.19. The zero-order valence-corrected chi connectivity index (χ0v) is 15.0. The first-order valence-electron chi connectivity index (χ1n) is 8.22. The van der Waals surface area contributed by atoms with Crippen LogP contribution in [0.25, 0.3) is 21.9 Å². The van der Waals surface area contributed by atoms with E-state index in [4.69, 9.17) is 0 Å². The van der Waals surface area contributed by atoms with Crippen molar-refractivity contribution in [3.05, 3.63) is 53.0 Å². The van der Waals surface area contributed by atoms with Crippen LogP contribution < -0.4 is 4.90 Å². The minimum absolute atomic E-state index is 0.165. The van der Waals surface area contributed by atoms with E-state index in [0.29, 0.717) is 16.1 Å². The first kappa shape index (κ1) is 17.0. The molecule has 0 aliphatic rings. The van der Waals surface area contributed by atoms with Gasteiger partial charge < -0.3 is 10.0 Å². The predicted molar refractivity (Wildman–Crippen MR) is 105 cm³/mol. The SMILES string of the molecule is CCN(CC)c1ccc(C=C(C#N)c2nc3ccccc3s2)c(O)c1. The van der Waals surface area contributed by atoms with E-state index in [1.807, 2.05) is 36.4 Å². The second kappa shape index (κ2) is 7.37. The highest BCUT2D eigenvalue weighted by Gasteiger charge is 2.11. The number of nitrogens with zero attached hydrogens (tertiary/aromatic N) is 3. The summed E-state index contributed by atoms with van der Waals surface area (Å²) >= 11 is 1.48. The minimum atomic E-state index is 0.165. The number of phenolic OH excluding ortho intramolecular Hbond substituents is 1. The van der Waals surface area contributed by atoms with Gasteiger partial charge in [0.1, 0.15) is 16.8 Å². The molecule has 1 N–H and O–H groups in total. The molecule has 2 aromatic carbocycles. The number of thiazole rings is 1. The van der Waals surface area contributed by atoms with Gasteiger partial charge in [0.15, 0.2) is 0 Å². The molecule has 0 aliphatic heterocycles. The average molecular weight is 349 g/mol. The van der Waals surface area contributed by atoms with Gasteiger partial charge in [0.25, 0.3) is 0 Å². The van der Waals surface area contributed by atoms with Gasteiger partial charge in [0, 0.05) is 30.4 Å². The van der Waals surface area contributed by atoms with Crippen LogP contribution in [0.15, 0.2) is 42.5 Å². The number of aromatic hydroxyl groups is 1. The molecule has 0 saturated heterocycles. The summed E-state index contributed by atoms with van der Waals surface area (Å²) in [6.07, 6.45) is 1.69. The topological polar surface area (TPSA) is 60.2 Å². The van der Waals surface area contributed by atoms with E-state index in [1.165, 1.54) is 11.3 Å². The number of allylic oxidation sites excluding steroid dienone is 1. The van der Waals surface area contributed by atoms with Crippen LogP contribution in [0.5, 0.6) is 5.75 Å². The molecule has 3 aromatic rings. The number of fused-ring (bicyclic) bond motifs is 1. The Kier molecular flexibility index (Phi) is 5.01. The summed E-state index contributed by atoms with van der Waals surface area (Å²) in [6, 6.07) is 15.6. The summed E-state index contributed by atoms with van der Waals surface area (Å²) in [4.78, 5) is 6.68. The number of phenols is 1. The number of rotatable bonds is 5. The molecule has 25 heavy (non-hydrogen) atoms. The first-order valence-corrected chi connectivity index (χ1v) is 9.03. The van der Waals surface area contributed by atoms with Gasteiger partial charge in [0.2, 0.25) is 0 Å². The Morgan fingerprint density at radius 2 is 2.00 bits per heavy atom. The Balaban J connectivity index is 1.98. The summed E-state index contributed by atoms with van der Waals surface area (Å²) in [5, 5.41) is 20.6. The van der Waals surface area contributed by atoms with E-state index in [2.05, 4.69) is 29.8 Å². The van der Waals surface area contributed by atoms with Gasteiger partial charge in [-0.05, 0) is 44.2 Å². The Hall–Kier alpha value is -2.84. The molecular formula is C20H19N3OS. The van der Waals surface area contributed by atoms with Crippen molar-refractivity contribution >= 4 is 38.9 Å². The largest absolute Gasteiger partial charge is 0.507 e. The molecule has 5 heteroatoms. The van der Waals surface area contributed by atoms with E-state index in [0.717, 1.165) is 29.0 Å². The van der Waals surface area contributed by atoms with E-state index < -0.39 is 0 Å². The van der Waals surface area contributed by atoms with Crippen LogP contribution in [0.2, 0.25) is 0 Å². The van der Waals surface area contributed by atoms with Crippen LogP contribution in [-0.4, -0.2) is 23.2 Å². The lowest BCUT2D eigenvalue weighted by Gasteiger charge is -2.21. The maximum Gasteiger partial charge on any atom is 0.135 e. The lowest BCUT2D eigenvalue weighted by atomic mass is 10.1. The zero-order valence-electron chi connectivity index (χ0n) is 14.2. The molecule has 1 heterocycles. The van der Waals surface area contributed by atoms with Crippen LogP contribution in [0.4, 0.5) is 5.69 Å². The molecule has 1 aromatic heterocycles. The fourth-order valence-corrected chi connectivity index (χ4v) is 3.66. The van der Waals surface area contributed by atoms with Crippen molar-refractivity contribution in [2.24, 2.45) is 0 Å². The fraction of sp³-hybridized carbons (Fsp3) is 0.200. The summed E-state index contributed by atoms with van der Waals surface area (Å²) in [5.41, 5.74) is 2.92. The Bertz CT molecular complexity index is 931. The lowest BCUT2D eigenvalue weighted by molar-refractivity contribution is 0.474. The molecular weight excluding hydrogens is 330 g/mol. The third kappa shape index (κ3) is 3.49. The molecule has 126 valence electrons. The second-order valence-electron chi connectivity index (χ2n) is 5.57. The van der Waals surface area contributed by atoms with Crippen LogP contribution in [0.1, 0.15) is 24.4 Å². The van der Waals surface area contributed by atoms with Crippen molar-refractivity contribution in [3.63, 3.8) is 0 Å². The quantitative estimate of drug-likeness (QED) is 0.665. The smallest absolute Gasteiger partial charge is 0.135 e. The van der Waals surface area contributed by atoms with Crippen molar-refractivity contribution in [2.45, 2.75) is 13.8 Å². The lowest BCUT2D eigenvalue weighted by Crippen LogP contribution is -2.21. The molecule has 0 radical (unpaired) electrons. The number of benzene rings is 2. The van der Waals surface area contributed by atoms with E-state index >= 15 is 0 Å². The first-order chi connectivity index (χ1) is 12.2. The molecule has 4 nitrogen and oxygen atoms in total. The zero-order chi connectivity index (χ0) is 17.8. The fourth-order valence-electron chi connectivity index (χ4n) is 2.72. The Morgan fingerprint density at radius 1 is 1.24 bits per heavy atom. The monoisotopic (exact) mass is 349 g/mol. The van der Waals surface area contributed by atoms with Gasteiger partial charge in [0.05, 0.1) is 15.8 Å². The van der Waals surface area contributed by atoms with Crippen LogP contribution in [0.3, 0.4) is 0 Å². The molecule has 0 spiro atoms. The summed E-state index contributed by atoms with van der Waals surface area (Å²) < 4.78 is 1.04. The number of hydrogen-bond donors (Lipinski definition) is 1. The van der Waals surface area contributed by atoms with E-state index in [-0.39, 0.29) is 5.75 Å². The van der Waals surface area contributed by atoms with Gasteiger partial charge >= 0.3 is 0 Å². The Labute approximate surface area is 151 Å². The molecule has 0 aliphatic carbocycles. The maximum absolute atomic E-state index is 10.4. The minimum Gasteiger partial charge on any atom is -0.507 e. The third-order valence-corrected chi connectivity index (χ3v) is 5.16. The van der Waals surface area contributed by atoms with Gasteiger partial charge in [-0.15, -0.1) is 11.3 Å². The third-order valence-electron chi connectivity index (χ3n) is 4.09. The number of para-hydroxylation sites is 1. The normalized spacial score (nSPS) is 11.5. The average Bonchev–Trinajstić information content (AvgIpc) is 3.06. The molecule has 0 unspecified atom stereocenters. The highest BCUT2D eigenvalue weighted by Crippen LogP contribution is 2.31. The summed E-state index contributed by atoms with van der Waals surface area (Å²) in [5.74, 6) is 0.165. The molecule has 0 saturated carbocycles. The second-order valence-corrected chi connectivity index (χ2v) is 6.60. The number of aromatic nitrogens is 1. The van der Waals surface area contributed by atoms with Crippen molar-refractivity contribution in [1.82, 2.24) is 4.98 Å². The van der Waals surface area contributed by atoms with Gasteiger partial charge in [-0.25, -0.2) is 4.98 Å². The number of anilines is 1. The van der Waals surface area contributed by atoms with E-state index in [9.17, 15) is 10.4 Å². The molecule has 0 amide bonds. The molecule has 0 fully saturated rings. The van der Waals surface area contributed by atoms with Gasteiger partial charge in [-0.1, -0.05) is 12.1 Å². The van der Waals surface area contributed by atoms with Crippen molar-refractivity contribution < 1.29 is 5.11 Å². The number of hydrogen-bond acceptors (Lipinski definition) is 5. The Morgan fingerprint density at radius 3 is 2.64 bits per heavy atom. The van der Waals surface area contributed by atoms with Crippen LogP contribution in [0, 0.1) is 11.3 Å².